The first-order valence-corrected chi connectivity index (χ1v) is 4.82. The molecule has 0 aromatic heterocycles. The molecule has 2 nitrogen and oxygen atoms in total. The first-order chi connectivity index (χ1) is 5.59. The third-order valence-electron chi connectivity index (χ3n) is 1.85. The number of thiol groups is 1. The van der Waals surface area contributed by atoms with Gasteiger partial charge in [-0.15, -0.1) is 0 Å². The average molecular weight is 186 g/mol. The Bertz CT molecular complexity index is 143. The minimum absolute atomic E-state index is 0.0609. The number of rotatable bonds is 3. The van der Waals surface area contributed by atoms with Crippen LogP contribution in [0.5, 0.6) is 0 Å². The number of ether oxygens (including phenoxy) is 2. The van der Waals surface area contributed by atoms with Crippen molar-refractivity contribution in [2.24, 2.45) is 0 Å². The van der Waals surface area contributed by atoms with Gasteiger partial charge in [0.15, 0.2) is 0 Å². The maximum atomic E-state index is 5.60. The van der Waals surface area contributed by atoms with Crippen LogP contribution >= 0.6 is 12.6 Å². The molecule has 1 unspecified atom stereocenters. The Kier molecular flexibility index (Phi) is 3.94. The molecular weight excluding hydrogens is 171 g/mol. The molecule has 0 aromatic carbocycles. The van der Waals surface area contributed by atoms with Crippen LogP contribution in [-0.2, 0) is 9.47 Å². The summed E-state index contributed by atoms with van der Waals surface area (Å²) in [5.74, 6) is 0. The molecule has 2 radical (unpaired) electrons. The topological polar surface area (TPSA) is 18.5 Å². The minimum Gasteiger partial charge on any atom is -0.381 e. The van der Waals surface area contributed by atoms with Gasteiger partial charge in [0.25, 0.3) is 0 Å². The fourth-order valence-electron chi connectivity index (χ4n) is 1.20. The largest absolute Gasteiger partial charge is 0.381 e. The number of hydrogen-bond acceptors (Lipinski definition) is 3. The van der Waals surface area contributed by atoms with Gasteiger partial charge in [0.2, 0.25) is 0 Å². The van der Waals surface area contributed by atoms with Crippen molar-refractivity contribution in [3.8, 4) is 0 Å². The first-order valence-electron chi connectivity index (χ1n) is 4.30. The van der Waals surface area contributed by atoms with Crippen LogP contribution in [0.1, 0.15) is 20.3 Å². The zero-order valence-electron chi connectivity index (χ0n) is 7.56. The maximum absolute atomic E-state index is 5.60. The van der Waals surface area contributed by atoms with Gasteiger partial charge in [-0.05, 0) is 20.3 Å². The van der Waals surface area contributed by atoms with Crippen LogP contribution in [0.3, 0.4) is 0 Å². The van der Waals surface area contributed by atoms with Gasteiger partial charge in [-0.3, -0.25) is 0 Å². The highest BCUT2D eigenvalue weighted by Crippen LogP contribution is 2.23. The van der Waals surface area contributed by atoms with E-state index in [-0.39, 0.29) is 23.5 Å². The van der Waals surface area contributed by atoms with Crippen LogP contribution in [0.4, 0.5) is 0 Å². The Hall–Kier alpha value is 0.335. The molecule has 0 spiro atoms. The highest BCUT2D eigenvalue weighted by molar-refractivity contribution is 7.81. The zero-order valence-corrected chi connectivity index (χ0v) is 8.46. The van der Waals surface area contributed by atoms with Gasteiger partial charge in [0.05, 0.1) is 18.8 Å². The Balaban J connectivity index is 2.23. The van der Waals surface area contributed by atoms with E-state index in [2.05, 4.69) is 12.6 Å². The second-order valence-electron chi connectivity index (χ2n) is 3.40. The summed E-state index contributed by atoms with van der Waals surface area (Å²) in [4.78, 5) is 0. The average Bonchev–Trinajstić information content (AvgIpc) is 2.26. The second kappa shape index (κ2) is 4.54. The summed E-state index contributed by atoms with van der Waals surface area (Å²) in [6, 6.07) is -0.159. The van der Waals surface area contributed by atoms with Crippen molar-refractivity contribution in [2.75, 3.05) is 6.61 Å². The molecule has 1 saturated heterocycles. The second-order valence-corrected chi connectivity index (χ2v) is 4.06. The molecule has 68 valence electrons. The lowest BCUT2D eigenvalue weighted by molar-refractivity contribution is -0.0139. The zero-order chi connectivity index (χ0) is 9.14. The van der Waals surface area contributed by atoms with Crippen LogP contribution in [0.15, 0.2) is 0 Å². The van der Waals surface area contributed by atoms with Crippen molar-refractivity contribution in [1.82, 2.24) is 0 Å². The molecular formula is C8H15BO2S. The molecule has 0 aromatic rings. The highest BCUT2D eigenvalue weighted by atomic mass is 32.1. The van der Waals surface area contributed by atoms with Crippen molar-refractivity contribution in [3.63, 3.8) is 0 Å². The van der Waals surface area contributed by atoms with Gasteiger partial charge in [-0.25, -0.2) is 0 Å². The number of hydrogen-bond donors (Lipinski definition) is 1. The molecule has 1 aliphatic rings. The van der Waals surface area contributed by atoms with Crippen molar-refractivity contribution in [1.29, 1.82) is 0 Å². The van der Waals surface area contributed by atoms with Crippen LogP contribution in [0.2, 0.25) is 0 Å². The quantitative estimate of drug-likeness (QED) is 0.523. The monoisotopic (exact) mass is 186 g/mol. The molecule has 1 fully saturated rings. The van der Waals surface area contributed by atoms with Gasteiger partial charge in [-0.1, -0.05) is 0 Å². The standard InChI is InChI=1S/C8H15BO2S/c1-5(2)10-4-6-7(12)3-8(9)11-6/h5-8,12H,3-4H2,1-2H3/t6-,7?,8-/m1/s1. The van der Waals surface area contributed by atoms with Crippen molar-refractivity contribution in [3.05, 3.63) is 0 Å². The van der Waals surface area contributed by atoms with E-state index in [4.69, 9.17) is 17.3 Å². The van der Waals surface area contributed by atoms with E-state index in [9.17, 15) is 0 Å². The molecule has 1 heterocycles. The van der Waals surface area contributed by atoms with E-state index in [1.54, 1.807) is 0 Å². The van der Waals surface area contributed by atoms with Crippen LogP contribution in [0, 0.1) is 0 Å². The molecule has 0 bridgehead atoms. The predicted octanol–water partition coefficient (Wildman–Crippen LogP) is 0.993. The van der Waals surface area contributed by atoms with Crippen LogP contribution < -0.4 is 0 Å². The lowest BCUT2D eigenvalue weighted by atomic mass is 9.97. The van der Waals surface area contributed by atoms with E-state index >= 15 is 0 Å². The summed E-state index contributed by atoms with van der Waals surface area (Å²) in [6.45, 7) is 4.60. The summed E-state index contributed by atoms with van der Waals surface area (Å²) >= 11 is 4.36. The molecule has 12 heavy (non-hydrogen) atoms. The van der Waals surface area contributed by atoms with Gasteiger partial charge in [-0.2, -0.15) is 12.6 Å². The van der Waals surface area contributed by atoms with E-state index in [0.717, 1.165) is 6.42 Å². The highest BCUT2D eigenvalue weighted by Gasteiger charge is 2.29. The predicted molar refractivity (Wildman–Crippen MR) is 52.9 cm³/mol. The van der Waals surface area contributed by atoms with Crippen molar-refractivity contribution in [2.45, 2.75) is 43.7 Å². The molecule has 1 rings (SSSR count). The summed E-state index contributed by atoms with van der Waals surface area (Å²) in [5.41, 5.74) is 0. The fourth-order valence-corrected chi connectivity index (χ4v) is 1.56. The molecule has 0 saturated carbocycles. The molecule has 1 aliphatic heterocycles. The van der Waals surface area contributed by atoms with Crippen LogP contribution in [0.25, 0.3) is 0 Å². The lowest BCUT2D eigenvalue weighted by Gasteiger charge is -2.16. The van der Waals surface area contributed by atoms with Crippen molar-refractivity contribution < 1.29 is 9.47 Å². The van der Waals surface area contributed by atoms with E-state index in [1.807, 2.05) is 13.8 Å². The van der Waals surface area contributed by atoms with Gasteiger partial charge in [0.1, 0.15) is 7.85 Å². The van der Waals surface area contributed by atoms with Gasteiger partial charge < -0.3 is 9.47 Å². The Morgan fingerprint density at radius 1 is 1.67 bits per heavy atom. The van der Waals surface area contributed by atoms with Gasteiger partial charge >= 0.3 is 0 Å². The summed E-state index contributed by atoms with van der Waals surface area (Å²) in [6.07, 6.45) is 1.12. The molecule has 0 N–H and O–H groups in total. The SMILES string of the molecule is [B][C@H]1CC(S)[C@@H](COC(C)C)O1. The van der Waals surface area contributed by atoms with Gasteiger partial charge in [0, 0.05) is 11.3 Å². The minimum atomic E-state index is -0.159. The molecule has 0 amide bonds. The summed E-state index contributed by atoms with van der Waals surface area (Å²) in [5, 5.41) is 0.221. The third-order valence-corrected chi connectivity index (χ3v) is 2.39. The Morgan fingerprint density at radius 3 is 2.75 bits per heavy atom. The normalized spacial score (nSPS) is 36.2. The summed E-state index contributed by atoms with van der Waals surface area (Å²) in [7, 11) is 5.60. The Labute approximate surface area is 80.8 Å². The molecule has 0 aliphatic carbocycles. The first kappa shape index (κ1) is 10.4. The molecule has 4 heteroatoms. The van der Waals surface area contributed by atoms with E-state index in [0.29, 0.717) is 6.61 Å². The maximum Gasteiger partial charge on any atom is 0.109 e. The fraction of sp³-hybridized carbons (Fsp3) is 1.00. The Morgan fingerprint density at radius 2 is 2.33 bits per heavy atom. The molecule has 3 atom stereocenters. The van der Waals surface area contributed by atoms with E-state index < -0.39 is 0 Å². The smallest absolute Gasteiger partial charge is 0.109 e. The lowest BCUT2D eigenvalue weighted by Crippen LogP contribution is -2.25. The van der Waals surface area contributed by atoms with Crippen molar-refractivity contribution >= 4 is 20.5 Å². The third kappa shape index (κ3) is 3.00. The van der Waals surface area contributed by atoms with E-state index in [1.165, 1.54) is 0 Å². The van der Waals surface area contributed by atoms with Crippen LogP contribution in [-0.4, -0.2) is 37.9 Å². The summed E-state index contributed by atoms with van der Waals surface area (Å²) < 4.78 is 10.8.